The quantitative estimate of drug-likeness (QED) is 0.549. The van der Waals surface area contributed by atoms with Gasteiger partial charge in [0.05, 0.1) is 4.91 Å². The molecule has 0 heterocycles. The third-order valence-electron chi connectivity index (χ3n) is 3.09. The van der Waals surface area contributed by atoms with Crippen molar-refractivity contribution in [2.75, 3.05) is 27.2 Å². The number of nitrogens with two attached hydrogens (primary N) is 1. The van der Waals surface area contributed by atoms with Crippen LogP contribution in [0.4, 0.5) is 5.69 Å². The molecule has 21 heavy (non-hydrogen) atoms. The number of rotatable bonds is 9. The van der Waals surface area contributed by atoms with Crippen molar-refractivity contribution in [3.05, 3.63) is 29.2 Å². The van der Waals surface area contributed by atoms with Gasteiger partial charge in [-0.2, -0.15) is 0 Å². The molecule has 2 N–H and O–H groups in total. The van der Waals surface area contributed by atoms with E-state index in [9.17, 15) is 13.3 Å². The molecule has 0 unspecified atom stereocenters. The van der Waals surface area contributed by atoms with Crippen molar-refractivity contribution >= 4 is 15.7 Å². The second-order valence-corrected chi connectivity index (χ2v) is 6.60. The van der Waals surface area contributed by atoms with Crippen LogP contribution < -0.4 is 5.73 Å². The maximum atomic E-state index is 12.5. The van der Waals surface area contributed by atoms with Gasteiger partial charge in [-0.1, -0.05) is 18.6 Å². The van der Waals surface area contributed by atoms with Crippen LogP contribution in [-0.2, 0) is 14.9 Å². The minimum absolute atomic E-state index is 0.0335. The highest BCUT2D eigenvalue weighted by Crippen LogP contribution is 2.26. The highest BCUT2D eigenvalue weighted by molar-refractivity contribution is 7.89. The molecule has 0 aromatic heterocycles. The molecule has 0 bridgehead atoms. The Kier molecular flexibility index (Phi) is 6.73. The van der Waals surface area contributed by atoms with Gasteiger partial charge in [-0.05, 0) is 25.5 Å². The van der Waals surface area contributed by atoms with E-state index in [0.29, 0.717) is 13.1 Å². The van der Waals surface area contributed by atoms with Gasteiger partial charge in [0.1, 0.15) is 0 Å². The number of benzene rings is 1. The second kappa shape index (κ2) is 8.06. The minimum Gasteiger partial charge on any atom is -0.330 e. The van der Waals surface area contributed by atoms with E-state index in [-0.39, 0.29) is 15.5 Å². The van der Waals surface area contributed by atoms with Crippen LogP contribution in [0.25, 0.3) is 0 Å². The summed E-state index contributed by atoms with van der Waals surface area (Å²) < 4.78 is 26.3. The van der Waals surface area contributed by atoms with Crippen LogP contribution in [0.2, 0.25) is 0 Å². The number of hydrogen-bond donors (Lipinski definition) is 1. The molecular formula is C13H22N3O4S+. The Morgan fingerprint density at radius 3 is 2.52 bits per heavy atom. The molecule has 7 nitrogen and oxygen atoms in total. The molecule has 0 fully saturated rings. The second-order valence-electron chi connectivity index (χ2n) is 4.58. The van der Waals surface area contributed by atoms with Crippen LogP contribution in [0.5, 0.6) is 0 Å². The first kappa shape index (κ1) is 17.5. The van der Waals surface area contributed by atoms with Crippen molar-refractivity contribution < 1.29 is 18.2 Å². The fourth-order valence-corrected chi connectivity index (χ4v) is 3.23. The Labute approximate surface area is 125 Å². The van der Waals surface area contributed by atoms with Crippen molar-refractivity contribution in [1.82, 2.24) is 4.31 Å². The number of para-hydroxylation sites is 1. The molecule has 0 aliphatic heterocycles. The van der Waals surface area contributed by atoms with Gasteiger partial charge in [-0.3, -0.25) is 0 Å². The van der Waals surface area contributed by atoms with Crippen molar-refractivity contribution in [2.45, 2.75) is 24.2 Å². The Hall–Kier alpha value is -1.51. The lowest BCUT2D eigenvalue weighted by Gasteiger charge is -2.16. The van der Waals surface area contributed by atoms with Crippen molar-refractivity contribution in [2.24, 2.45) is 5.73 Å². The molecule has 0 aliphatic rings. The third kappa shape index (κ3) is 4.48. The van der Waals surface area contributed by atoms with Gasteiger partial charge in [0.2, 0.25) is 10.0 Å². The molecule has 0 atom stereocenters. The van der Waals surface area contributed by atoms with E-state index >= 15 is 0 Å². The lowest BCUT2D eigenvalue weighted by atomic mass is 10.2. The summed E-state index contributed by atoms with van der Waals surface area (Å²) in [5, 5.41) is 0. The summed E-state index contributed by atoms with van der Waals surface area (Å²) in [7, 11) is -1.05. The predicted molar refractivity (Wildman–Crippen MR) is 79.5 cm³/mol. The molecule has 0 saturated heterocycles. The van der Waals surface area contributed by atoms with Crippen molar-refractivity contribution in [3.8, 4) is 0 Å². The Morgan fingerprint density at radius 1 is 1.24 bits per heavy atom. The summed E-state index contributed by atoms with van der Waals surface area (Å²) in [5.74, 6) is 0. The zero-order chi connectivity index (χ0) is 15.9. The molecule has 0 amide bonds. The van der Waals surface area contributed by atoms with Gasteiger partial charge >= 0.3 is 5.69 Å². The number of nitrogens with zero attached hydrogens (tertiary/aromatic N) is 2. The highest BCUT2D eigenvalue weighted by atomic mass is 32.2. The molecule has 118 valence electrons. The van der Waals surface area contributed by atoms with Gasteiger partial charge in [0.15, 0.2) is 12.0 Å². The maximum absolute atomic E-state index is 12.5. The molecule has 1 rings (SSSR count). The summed E-state index contributed by atoms with van der Waals surface area (Å²) in [6.07, 6.45) is 2.45. The van der Waals surface area contributed by atoms with E-state index in [1.54, 1.807) is 12.1 Å². The lowest BCUT2D eigenvalue weighted by molar-refractivity contribution is -0.738. The van der Waals surface area contributed by atoms with Gasteiger partial charge in [0.25, 0.3) is 4.92 Å². The first-order valence-electron chi connectivity index (χ1n) is 6.72. The minimum atomic E-state index is -3.73. The number of hydrogen-bond acceptors (Lipinski definition) is 5. The van der Waals surface area contributed by atoms with Gasteiger partial charge in [0, 0.05) is 19.7 Å². The van der Waals surface area contributed by atoms with E-state index in [0.717, 1.165) is 19.3 Å². The largest absolute Gasteiger partial charge is 0.336 e. The first-order valence-corrected chi connectivity index (χ1v) is 8.16. The monoisotopic (exact) mass is 316 g/mol. The van der Waals surface area contributed by atoms with Gasteiger partial charge in [-0.15, -0.1) is 0 Å². The van der Waals surface area contributed by atoms with Crippen LogP contribution in [0.1, 0.15) is 19.3 Å². The first-order chi connectivity index (χ1) is 9.95. The van der Waals surface area contributed by atoms with Crippen LogP contribution in [0.3, 0.4) is 0 Å². The summed E-state index contributed by atoms with van der Waals surface area (Å²) in [4.78, 5) is 16.3. The molecule has 8 heteroatoms. The number of unbranched alkanes of at least 4 members (excludes halogenated alkanes) is 2. The van der Waals surface area contributed by atoms with Crippen molar-refractivity contribution in [3.63, 3.8) is 0 Å². The SMILES string of the molecule is CO[N+](=O)c1ccccc1S(=O)(=O)N(C)CCCCCN. The van der Waals surface area contributed by atoms with Crippen LogP contribution in [0, 0.1) is 4.91 Å². The Morgan fingerprint density at radius 2 is 1.90 bits per heavy atom. The Balaban J connectivity index is 2.94. The summed E-state index contributed by atoms with van der Waals surface area (Å²) in [5.41, 5.74) is 5.37. The fourth-order valence-electron chi connectivity index (χ4n) is 1.87. The molecule has 1 aromatic carbocycles. The average molecular weight is 316 g/mol. The van der Waals surface area contributed by atoms with E-state index in [4.69, 9.17) is 5.73 Å². The summed E-state index contributed by atoms with van der Waals surface area (Å²) in [6.45, 7) is 0.973. The average Bonchev–Trinajstić information content (AvgIpc) is 2.50. The molecule has 0 radical (unpaired) electrons. The summed E-state index contributed by atoms with van der Waals surface area (Å²) >= 11 is 0. The maximum Gasteiger partial charge on any atom is 0.336 e. The van der Waals surface area contributed by atoms with E-state index in [1.165, 1.54) is 30.6 Å². The normalized spacial score (nSPS) is 11.6. The topological polar surface area (TPSA) is 92.7 Å². The Bertz CT molecular complexity index is 575. The standard InChI is InChI=1S/C13H22N3O4S/c1-15(11-7-3-6-10-14)21(18,19)13-9-5-4-8-12(13)16(17)20-2/h4-5,8-9H,3,6-7,10-11,14H2,1-2H3/q+1. The van der Waals surface area contributed by atoms with Gasteiger partial charge < -0.3 is 5.73 Å². The summed E-state index contributed by atoms with van der Waals surface area (Å²) in [6, 6.07) is 5.96. The van der Waals surface area contributed by atoms with Crippen LogP contribution >= 0.6 is 0 Å². The molecule has 1 aromatic rings. The molecule has 0 spiro atoms. The van der Waals surface area contributed by atoms with Gasteiger partial charge in [-0.25, -0.2) is 17.6 Å². The molecular weight excluding hydrogens is 294 g/mol. The van der Waals surface area contributed by atoms with E-state index in [2.05, 4.69) is 4.84 Å². The van der Waals surface area contributed by atoms with E-state index in [1.807, 2.05) is 0 Å². The lowest BCUT2D eigenvalue weighted by Crippen LogP contribution is -2.28. The van der Waals surface area contributed by atoms with Crippen LogP contribution in [-0.4, -0.2) is 44.9 Å². The zero-order valence-corrected chi connectivity index (χ0v) is 13.2. The van der Waals surface area contributed by atoms with E-state index < -0.39 is 10.0 Å². The third-order valence-corrected chi connectivity index (χ3v) is 5.00. The highest BCUT2D eigenvalue weighted by Gasteiger charge is 2.31. The predicted octanol–water partition coefficient (Wildman–Crippen LogP) is 1.41. The molecule has 0 aliphatic carbocycles. The zero-order valence-electron chi connectivity index (χ0n) is 12.4. The number of sulfonamides is 1. The fraction of sp³-hybridized carbons (Fsp3) is 0.538. The molecule has 0 saturated carbocycles. The van der Waals surface area contributed by atoms with Crippen molar-refractivity contribution in [1.29, 1.82) is 0 Å². The van der Waals surface area contributed by atoms with Crippen LogP contribution in [0.15, 0.2) is 29.2 Å². The smallest absolute Gasteiger partial charge is 0.330 e.